The number of hydrogen-bond acceptors (Lipinski definition) is 5. The second-order valence-corrected chi connectivity index (χ2v) is 5.42. The highest BCUT2D eigenvalue weighted by Crippen LogP contribution is 2.28. The van der Waals surface area contributed by atoms with Crippen molar-refractivity contribution >= 4 is 42.7 Å². The lowest BCUT2D eigenvalue weighted by Gasteiger charge is -2.03. The zero-order valence-electron chi connectivity index (χ0n) is 8.46. The van der Waals surface area contributed by atoms with Crippen molar-refractivity contribution in [3.05, 3.63) is 28.9 Å². The number of aromatic hydroxyl groups is 1. The van der Waals surface area contributed by atoms with Crippen LogP contribution in [0, 0.1) is 0 Å². The van der Waals surface area contributed by atoms with Gasteiger partial charge in [0.25, 0.3) is 0 Å². The fourth-order valence-electron chi connectivity index (χ4n) is 1.55. The highest BCUT2D eigenvalue weighted by Gasteiger charge is 2.10. The van der Waals surface area contributed by atoms with Crippen LogP contribution in [-0.2, 0) is 0 Å². The van der Waals surface area contributed by atoms with E-state index in [0.717, 1.165) is 9.17 Å². The van der Waals surface area contributed by atoms with E-state index in [-0.39, 0.29) is 5.75 Å². The van der Waals surface area contributed by atoms with Gasteiger partial charge in [0.05, 0.1) is 10.9 Å². The van der Waals surface area contributed by atoms with Crippen LogP contribution in [-0.4, -0.2) is 19.9 Å². The van der Waals surface area contributed by atoms with E-state index in [9.17, 15) is 5.11 Å². The van der Waals surface area contributed by atoms with Crippen LogP contribution in [0.15, 0.2) is 28.9 Å². The summed E-state index contributed by atoms with van der Waals surface area (Å²) >= 11 is 4.66. The molecule has 2 heterocycles. The van der Waals surface area contributed by atoms with E-state index in [1.807, 2.05) is 6.07 Å². The summed E-state index contributed by atoms with van der Waals surface area (Å²) in [5.41, 5.74) is 6.78. The van der Waals surface area contributed by atoms with Crippen molar-refractivity contribution in [3.63, 3.8) is 0 Å². The van der Waals surface area contributed by atoms with Crippen molar-refractivity contribution in [2.24, 2.45) is 0 Å². The van der Waals surface area contributed by atoms with Crippen LogP contribution in [0.4, 0.5) is 5.13 Å². The molecule has 0 radical (unpaired) electrons. The second-order valence-electron chi connectivity index (χ2n) is 3.45. The SMILES string of the molecule is Nc1nc2nn(-c3ccc(Br)cc3O)cc2s1. The zero-order valence-corrected chi connectivity index (χ0v) is 10.9. The van der Waals surface area contributed by atoms with E-state index in [1.54, 1.807) is 23.0 Å². The number of nitrogen functional groups attached to an aromatic ring is 1. The molecular formula is C10H7BrN4OS. The van der Waals surface area contributed by atoms with E-state index >= 15 is 0 Å². The maximum atomic E-state index is 9.83. The largest absolute Gasteiger partial charge is 0.506 e. The van der Waals surface area contributed by atoms with Gasteiger partial charge in [-0.05, 0) is 18.2 Å². The molecular weight excluding hydrogens is 304 g/mol. The Morgan fingerprint density at radius 2 is 2.24 bits per heavy atom. The molecule has 1 aromatic carbocycles. The van der Waals surface area contributed by atoms with Gasteiger partial charge in [-0.15, -0.1) is 5.10 Å². The van der Waals surface area contributed by atoms with Gasteiger partial charge in [-0.2, -0.15) is 4.98 Å². The molecule has 0 fully saturated rings. The van der Waals surface area contributed by atoms with Gasteiger partial charge < -0.3 is 10.8 Å². The van der Waals surface area contributed by atoms with Gasteiger partial charge in [-0.3, -0.25) is 0 Å². The first-order valence-corrected chi connectivity index (χ1v) is 6.35. The molecule has 0 saturated heterocycles. The van der Waals surface area contributed by atoms with E-state index in [4.69, 9.17) is 5.73 Å². The highest BCUT2D eigenvalue weighted by molar-refractivity contribution is 9.10. The van der Waals surface area contributed by atoms with Crippen molar-refractivity contribution in [2.45, 2.75) is 0 Å². The predicted octanol–water partition coefficient (Wildman–Crippen LogP) is 2.53. The number of benzene rings is 1. The van der Waals surface area contributed by atoms with Gasteiger partial charge in [0.15, 0.2) is 10.8 Å². The van der Waals surface area contributed by atoms with Crippen LogP contribution in [0.5, 0.6) is 5.75 Å². The molecule has 86 valence electrons. The van der Waals surface area contributed by atoms with Crippen molar-refractivity contribution in [1.29, 1.82) is 0 Å². The fraction of sp³-hybridized carbons (Fsp3) is 0. The van der Waals surface area contributed by atoms with E-state index < -0.39 is 0 Å². The summed E-state index contributed by atoms with van der Waals surface area (Å²) in [5, 5.41) is 14.6. The van der Waals surface area contributed by atoms with E-state index in [0.29, 0.717) is 16.5 Å². The second kappa shape index (κ2) is 3.71. The average Bonchev–Trinajstić information content (AvgIpc) is 2.74. The number of thiazole rings is 1. The predicted molar refractivity (Wildman–Crippen MR) is 70.5 cm³/mol. The van der Waals surface area contributed by atoms with E-state index in [2.05, 4.69) is 26.0 Å². The standard InChI is InChI=1S/C10H7BrN4OS/c11-5-1-2-6(7(16)3-5)15-4-8-9(14-15)13-10(12)17-8/h1-4,16H,(H2,12,13,14). The van der Waals surface area contributed by atoms with Crippen LogP contribution < -0.4 is 5.73 Å². The minimum atomic E-state index is 0.155. The number of halogens is 1. The maximum absolute atomic E-state index is 9.83. The third-order valence-electron chi connectivity index (χ3n) is 2.28. The Hall–Kier alpha value is -1.60. The molecule has 2 aromatic heterocycles. The van der Waals surface area contributed by atoms with Crippen molar-refractivity contribution < 1.29 is 5.11 Å². The van der Waals surface area contributed by atoms with Crippen LogP contribution in [0.3, 0.4) is 0 Å². The van der Waals surface area contributed by atoms with Crippen LogP contribution in [0.25, 0.3) is 16.0 Å². The first-order valence-electron chi connectivity index (χ1n) is 4.74. The number of hydrogen-bond donors (Lipinski definition) is 2. The molecule has 0 saturated carbocycles. The van der Waals surface area contributed by atoms with Crippen LogP contribution in [0.2, 0.25) is 0 Å². The van der Waals surface area contributed by atoms with Gasteiger partial charge in [0.2, 0.25) is 0 Å². The first kappa shape index (κ1) is 10.5. The van der Waals surface area contributed by atoms with Crippen molar-refractivity contribution in [2.75, 3.05) is 5.73 Å². The van der Waals surface area contributed by atoms with Gasteiger partial charge >= 0.3 is 0 Å². The van der Waals surface area contributed by atoms with E-state index in [1.165, 1.54) is 11.3 Å². The molecule has 0 bridgehead atoms. The lowest BCUT2D eigenvalue weighted by Crippen LogP contribution is -1.95. The van der Waals surface area contributed by atoms with Gasteiger partial charge in [-0.1, -0.05) is 27.3 Å². The quantitative estimate of drug-likeness (QED) is 0.724. The molecule has 3 N–H and O–H groups in total. The fourth-order valence-corrected chi connectivity index (χ4v) is 2.59. The monoisotopic (exact) mass is 310 g/mol. The smallest absolute Gasteiger partial charge is 0.194 e. The Morgan fingerprint density at radius 3 is 2.94 bits per heavy atom. The number of fused-ring (bicyclic) bond motifs is 1. The molecule has 0 amide bonds. The van der Waals surface area contributed by atoms with Gasteiger partial charge in [-0.25, -0.2) is 4.68 Å². The molecule has 5 nitrogen and oxygen atoms in total. The number of aromatic nitrogens is 3. The lowest BCUT2D eigenvalue weighted by atomic mass is 10.3. The number of nitrogens with zero attached hydrogens (tertiary/aromatic N) is 3. The summed E-state index contributed by atoms with van der Waals surface area (Å²) in [4.78, 5) is 4.08. The third-order valence-corrected chi connectivity index (χ3v) is 3.58. The Kier molecular flexibility index (Phi) is 2.30. The molecule has 0 aliphatic carbocycles. The summed E-state index contributed by atoms with van der Waals surface area (Å²) in [6.45, 7) is 0. The molecule has 0 atom stereocenters. The number of phenolic OH excluding ortho intramolecular Hbond substituents is 1. The molecule has 0 aliphatic rings. The highest BCUT2D eigenvalue weighted by atomic mass is 79.9. The first-order chi connectivity index (χ1) is 8.13. The summed E-state index contributed by atoms with van der Waals surface area (Å²) in [6.07, 6.45) is 1.80. The number of anilines is 1. The summed E-state index contributed by atoms with van der Waals surface area (Å²) in [6, 6.07) is 5.23. The zero-order chi connectivity index (χ0) is 12.0. The normalized spacial score (nSPS) is 11.1. The minimum absolute atomic E-state index is 0.155. The Balaban J connectivity index is 2.16. The molecule has 0 unspecified atom stereocenters. The Morgan fingerprint density at radius 1 is 1.41 bits per heavy atom. The minimum Gasteiger partial charge on any atom is -0.506 e. The Bertz CT molecular complexity index is 674. The lowest BCUT2D eigenvalue weighted by molar-refractivity contribution is 0.470. The average molecular weight is 311 g/mol. The summed E-state index contributed by atoms with van der Waals surface area (Å²) in [7, 11) is 0. The maximum Gasteiger partial charge on any atom is 0.194 e. The summed E-state index contributed by atoms with van der Waals surface area (Å²) < 4.78 is 3.30. The Labute approximate surface area is 109 Å². The molecule has 0 spiro atoms. The van der Waals surface area contributed by atoms with Crippen LogP contribution in [0.1, 0.15) is 0 Å². The topological polar surface area (TPSA) is 77.0 Å². The molecule has 3 aromatic rings. The van der Waals surface area contributed by atoms with Gasteiger partial charge in [0.1, 0.15) is 11.4 Å². The summed E-state index contributed by atoms with van der Waals surface area (Å²) in [5.74, 6) is 0.155. The van der Waals surface area contributed by atoms with Crippen LogP contribution >= 0.6 is 27.3 Å². The number of phenols is 1. The number of nitrogens with two attached hydrogens (primary N) is 1. The molecule has 7 heteroatoms. The van der Waals surface area contributed by atoms with Crippen molar-refractivity contribution in [3.8, 4) is 11.4 Å². The third kappa shape index (κ3) is 1.77. The molecule has 17 heavy (non-hydrogen) atoms. The van der Waals surface area contributed by atoms with Gasteiger partial charge in [0, 0.05) is 4.47 Å². The number of rotatable bonds is 1. The molecule has 0 aliphatic heterocycles. The van der Waals surface area contributed by atoms with Crippen molar-refractivity contribution in [1.82, 2.24) is 14.8 Å². The molecule has 3 rings (SSSR count).